The minimum absolute atomic E-state index is 0.0473. The summed E-state index contributed by atoms with van der Waals surface area (Å²) in [5, 5.41) is 3.06. The van der Waals surface area contributed by atoms with E-state index in [1.54, 1.807) is 32.4 Å². The first kappa shape index (κ1) is 22.5. The van der Waals surface area contributed by atoms with Crippen LogP contribution in [-0.2, 0) is 4.79 Å². The normalized spacial score (nSPS) is 14.1. The Labute approximate surface area is 183 Å². The van der Waals surface area contributed by atoms with E-state index in [1.165, 1.54) is 0 Å². The molecule has 0 radical (unpaired) electrons. The number of hydrogen-bond acceptors (Lipinski definition) is 5. The lowest BCUT2D eigenvalue weighted by Gasteiger charge is -2.32. The maximum atomic E-state index is 12.6. The van der Waals surface area contributed by atoms with Crippen molar-refractivity contribution in [2.24, 2.45) is 0 Å². The molecule has 1 heterocycles. The number of methoxy groups -OCH3 is 2. The van der Waals surface area contributed by atoms with Crippen molar-refractivity contribution in [2.75, 3.05) is 33.9 Å². The second-order valence-electron chi connectivity index (χ2n) is 7.46. The zero-order chi connectivity index (χ0) is 22.1. The minimum Gasteiger partial charge on any atom is -0.494 e. The highest BCUT2D eigenvalue weighted by atomic mass is 16.5. The van der Waals surface area contributed by atoms with Gasteiger partial charge in [0.1, 0.15) is 5.75 Å². The molecule has 0 aromatic heterocycles. The van der Waals surface area contributed by atoms with E-state index in [4.69, 9.17) is 14.2 Å². The van der Waals surface area contributed by atoms with Crippen molar-refractivity contribution in [3.8, 4) is 17.2 Å². The van der Waals surface area contributed by atoms with Gasteiger partial charge in [-0.05, 0) is 49.6 Å². The van der Waals surface area contributed by atoms with Crippen LogP contribution in [0.5, 0.6) is 17.2 Å². The predicted molar refractivity (Wildman–Crippen MR) is 118 cm³/mol. The molecule has 1 aliphatic heterocycles. The van der Waals surface area contributed by atoms with E-state index in [2.05, 4.69) is 5.32 Å². The highest BCUT2D eigenvalue weighted by molar-refractivity contribution is 5.95. The Hall–Kier alpha value is -3.22. The van der Waals surface area contributed by atoms with Gasteiger partial charge < -0.3 is 24.4 Å². The third-order valence-corrected chi connectivity index (χ3v) is 5.38. The summed E-state index contributed by atoms with van der Waals surface area (Å²) in [4.78, 5) is 26.9. The first-order valence-corrected chi connectivity index (χ1v) is 10.6. The summed E-state index contributed by atoms with van der Waals surface area (Å²) in [6.07, 6.45) is 2.63. The fourth-order valence-electron chi connectivity index (χ4n) is 3.61. The number of likely N-dealkylation sites (tertiary alicyclic amines) is 1. The van der Waals surface area contributed by atoms with Gasteiger partial charge in [0.05, 0.1) is 20.8 Å². The molecule has 0 atom stereocenters. The van der Waals surface area contributed by atoms with E-state index in [-0.39, 0.29) is 17.9 Å². The minimum atomic E-state index is -0.149. The third kappa shape index (κ3) is 6.38. The number of para-hydroxylation sites is 1. The number of ether oxygens (including phenoxy) is 3. The molecule has 0 saturated carbocycles. The van der Waals surface area contributed by atoms with E-state index in [0.29, 0.717) is 49.6 Å². The molecule has 0 aliphatic carbocycles. The van der Waals surface area contributed by atoms with Crippen molar-refractivity contribution in [1.82, 2.24) is 10.2 Å². The summed E-state index contributed by atoms with van der Waals surface area (Å²) in [6, 6.07) is 14.8. The Morgan fingerprint density at radius 3 is 2.39 bits per heavy atom. The zero-order valence-electron chi connectivity index (χ0n) is 18.1. The van der Waals surface area contributed by atoms with Crippen LogP contribution in [0.2, 0.25) is 0 Å². The van der Waals surface area contributed by atoms with Crippen molar-refractivity contribution < 1.29 is 23.8 Å². The third-order valence-electron chi connectivity index (χ3n) is 5.38. The smallest absolute Gasteiger partial charge is 0.251 e. The number of carbonyl (C=O) groups excluding carboxylic acids is 2. The van der Waals surface area contributed by atoms with Crippen molar-refractivity contribution in [3.63, 3.8) is 0 Å². The summed E-state index contributed by atoms with van der Waals surface area (Å²) in [7, 11) is 3.10. The maximum Gasteiger partial charge on any atom is 0.251 e. The lowest BCUT2D eigenvalue weighted by atomic mass is 10.0. The Morgan fingerprint density at radius 1 is 1.00 bits per heavy atom. The molecule has 2 aromatic rings. The van der Waals surface area contributed by atoms with Crippen molar-refractivity contribution in [2.45, 2.75) is 31.7 Å². The summed E-state index contributed by atoms with van der Waals surface area (Å²) in [6.45, 7) is 1.82. The van der Waals surface area contributed by atoms with Crippen LogP contribution >= 0.6 is 0 Å². The van der Waals surface area contributed by atoms with E-state index < -0.39 is 0 Å². The molecule has 1 N–H and O–H groups in total. The summed E-state index contributed by atoms with van der Waals surface area (Å²) in [5.41, 5.74) is 0.523. The number of nitrogens with one attached hydrogen (secondary N) is 1. The molecule has 7 nitrogen and oxygen atoms in total. The van der Waals surface area contributed by atoms with E-state index in [1.807, 2.05) is 35.2 Å². The van der Waals surface area contributed by atoms with Gasteiger partial charge in [-0.3, -0.25) is 9.59 Å². The van der Waals surface area contributed by atoms with Crippen LogP contribution in [0.15, 0.2) is 48.5 Å². The molecule has 1 saturated heterocycles. The van der Waals surface area contributed by atoms with Crippen LogP contribution < -0.4 is 19.5 Å². The Morgan fingerprint density at radius 2 is 1.71 bits per heavy atom. The standard InChI is InChI=1S/C24H30N2O5/c1-29-21-11-10-18(17-22(21)30-2)24(28)25-19-12-14-26(15-13-19)23(27)9-6-16-31-20-7-4-3-5-8-20/h3-5,7-8,10-11,17,19H,6,9,12-16H2,1-2H3,(H,25,28). The molecule has 3 rings (SSSR count). The van der Waals surface area contributed by atoms with Gasteiger partial charge in [0, 0.05) is 31.1 Å². The largest absolute Gasteiger partial charge is 0.494 e. The van der Waals surface area contributed by atoms with Crippen LogP contribution in [0.4, 0.5) is 0 Å². The fourth-order valence-corrected chi connectivity index (χ4v) is 3.61. The van der Waals surface area contributed by atoms with Crippen molar-refractivity contribution in [3.05, 3.63) is 54.1 Å². The first-order valence-electron chi connectivity index (χ1n) is 10.6. The number of carbonyl (C=O) groups is 2. The van der Waals surface area contributed by atoms with Crippen LogP contribution in [0.1, 0.15) is 36.0 Å². The van der Waals surface area contributed by atoms with Crippen molar-refractivity contribution in [1.29, 1.82) is 0 Å². The first-order chi connectivity index (χ1) is 15.1. The monoisotopic (exact) mass is 426 g/mol. The Kier molecular flexibility index (Phi) is 8.15. The molecule has 31 heavy (non-hydrogen) atoms. The number of piperidine rings is 1. The second-order valence-corrected chi connectivity index (χ2v) is 7.46. The molecule has 1 aliphatic rings. The highest BCUT2D eigenvalue weighted by Gasteiger charge is 2.24. The molecule has 2 amide bonds. The van der Waals surface area contributed by atoms with E-state index >= 15 is 0 Å². The molecule has 0 bridgehead atoms. The van der Waals surface area contributed by atoms with Crippen LogP contribution in [0.25, 0.3) is 0 Å². The maximum absolute atomic E-state index is 12.6. The molecule has 7 heteroatoms. The number of hydrogen-bond donors (Lipinski definition) is 1. The SMILES string of the molecule is COc1ccc(C(=O)NC2CCN(C(=O)CCCOc3ccccc3)CC2)cc1OC. The van der Waals surface area contributed by atoms with E-state index in [0.717, 1.165) is 18.6 Å². The molecule has 0 spiro atoms. The van der Waals surface area contributed by atoms with Gasteiger partial charge in [-0.25, -0.2) is 0 Å². The Balaban J connectivity index is 1.39. The van der Waals surface area contributed by atoms with E-state index in [9.17, 15) is 9.59 Å². The van der Waals surface area contributed by atoms with Crippen LogP contribution in [-0.4, -0.2) is 56.7 Å². The molecular formula is C24H30N2O5. The summed E-state index contributed by atoms with van der Waals surface area (Å²) < 4.78 is 16.1. The van der Waals surface area contributed by atoms with Gasteiger partial charge in [0.2, 0.25) is 5.91 Å². The average Bonchev–Trinajstić information content (AvgIpc) is 2.82. The van der Waals surface area contributed by atoms with Crippen molar-refractivity contribution >= 4 is 11.8 Å². The molecular weight excluding hydrogens is 396 g/mol. The average molecular weight is 427 g/mol. The van der Waals surface area contributed by atoms with Gasteiger partial charge in [0.15, 0.2) is 11.5 Å². The summed E-state index contributed by atoms with van der Waals surface area (Å²) in [5.74, 6) is 1.91. The van der Waals surface area contributed by atoms with Gasteiger partial charge in [-0.15, -0.1) is 0 Å². The van der Waals surface area contributed by atoms with Gasteiger partial charge in [0.25, 0.3) is 5.91 Å². The van der Waals surface area contributed by atoms with Gasteiger partial charge in [-0.2, -0.15) is 0 Å². The number of rotatable bonds is 9. The fraction of sp³-hybridized carbons (Fsp3) is 0.417. The Bertz CT molecular complexity index is 864. The summed E-state index contributed by atoms with van der Waals surface area (Å²) >= 11 is 0. The molecule has 1 fully saturated rings. The van der Waals surface area contributed by atoms with Crippen LogP contribution in [0, 0.1) is 0 Å². The predicted octanol–water partition coefficient (Wildman–Crippen LogP) is 3.28. The highest BCUT2D eigenvalue weighted by Crippen LogP contribution is 2.27. The quantitative estimate of drug-likeness (QED) is 0.623. The topological polar surface area (TPSA) is 77.1 Å². The number of amides is 2. The van der Waals surface area contributed by atoms with Gasteiger partial charge >= 0.3 is 0 Å². The lowest BCUT2D eigenvalue weighted by molar-refractivity contribution is -0.132. The molecule has 166 valence electrons. The van der Waals surface area contributed by atoms with Gasteiger partial charge in [-0.1, -0.05) is 18.2 Å². The zero-order valence-corrected chi connectivity index (χ0v) is 18.1. The number of nitrogens with zero attached hydrogens (tertiary/aromatic N) is 1. The molecule has 0 unspecified atom stereocenters. The van der Waals surface area contributed by atoms with Crippen LogP contribution in [0.3, 0.4) is 0 Å². The second kappa shape index (κ2) is 11.2. The number of benzene rings is 2. The lowest BCUT2D eigenvalue weighted by Crippen LogP contribution is -2.46. The molecule has 2 aromatic carbocycles.